The van der Waals surface area contributed by atoms with Crippen molar-refractivity contribution < 1.29 is 0 Å². The van der Waals surface area contributed by atoms with Crippen molar-refractivity contribution >= 4 is 0 Å². The molecule has 0 aromatic carbocycles. The van der Waals surface area contributed by atoms with Crippen LogP contribution in [0.5, 0.6) is 0 Å². The fourth-order valence-corrected chi connectivity index (χ4v) is 1.88. The van der Waals surface area contributed by atoms with E-state index in [-0.39, 0.29) is 0 Å². The van der Waals surface area contributed by atoms with Crippen molar-refractivity contribution in [1.29, 1.82) is 0 Å². The predicted molar refractivity (Wildman–Crippen MR) is 62.3 cm³/mol. The average Bonchev–Trinajstić information content (AvgIpc) is 2.43. The van der Waals surface area contributed by atoms with Gasteiger partial charge in [-0.1, -0.05) is 20.4 Å². The van der Waals surface area contributed by atoms with Crippen LogP contribution in [0.15, 0.2) is 12.3 Å². The molecule has 2 heteroatoms. The van der Waals surface area contributed by atoms with Gasteiger partial charge in [-0.05, 0) is 25.9 Å². The molecular weight excluding hydrogens is 172 g/mol. The summed E-state index contributed by atoms with van der Waals surface area (Å²) in [5, 5.41) is 0. The Labute approximate surface area is 88.6 Å². The van der Waals surface area contributed by atoms with E-state index < -0.39 is 0 Å². The van der Waals surface area contributed by atoms with E-state index >= 15 is 0 Å². The van der Waals surface area contributed by atoms with Crippen molar-refractivity contribution in [2.45, 2.75) is 32.7 Å². The summed E-state index contributed by atoms with van der Waals surface area (Å²) in [6, 6.07) is 0.686. The van der Waals surface area contributed by atoms with Gasteiger partial charge in [-0.3, -0.25) is 0 Å². The molecule has 14 heavy (non-hydrogen) atoms. The van der Waals surface area contributed by atoms with Crippen molar-refractivity contribution in [2.24, 2.45) is 5.92 Å². The molecule has 2 nitrogen and oxygen atoms in total. The molecule has 1 unspecified atom stereocenters. The summed E-state index contributed by atoms with van der Waals surface area (Å²) in [7, 11) is 4.37. The number of likely N-dealkylation sites (tertiary alicyclic amines) is 1. The normalized spacial score (nSPS) is 22.9. The van der Waals surface area contributed by atoms with Crippen LogP contribution in [0.1, 0.15) is 26.7 Å². The number of hydrogen-bond donors (Lipinski definition) is 0. The molecule has 1 heterocycles. The zero-order valence-electron chi connectivity index (χ0n) is 10.1. The lowest BCUT2D eigenvalue weighted by Gasteiger charge is -2.24. The Morgan fingerprint density at radius 3 is 2.64 bits per heavy atom. The first kappa shape index (κ1) is 11.6. The van der Waals surface area contributed by atoms with Crippen LogP contribution in [-0.2, 0) is 0 Å². The second kappa shape index (κ2) is 4.83. The summed E-state index contributed by atoms with van der Waals surface area (Å²) < 4.78 is 0. The smallest absolute Gasteiger partial charge is 0.0331 e. The third kappa shape index (κ3) is 3.02. The highest BCUT2D eigenvalue weighted by Gasteiger charge is 2.25. The molecule has 0 spiro atoms. The average molecular weight is 196 g/mol. The van der Waals surface area contributed by atoms with E-state index in [1.807, 2.05) is 0 Å². The van der Waals surface area contributed by atoms with Gasteiger partial charge in [0.1, 0.15) is 0 Å². The van der Waals surface area contributed by atoms with Gasteiger partial charge in [0.15, 0.2) is 0 Å². The molecule has 82 valence electrons. The highest BCUT2D eigenvalue weighted by molar-refractivity contribution is 5.04. The van der Waals surface area contributed by atoms with Gasteiger partial charge in [0, 0.05) is 31.8 Å². The first-order valence-electron chi connectivity index (χ1n) is 5.60. The first-order valence-corrected chi connectivity index (χ1v) is 5.60. The zero-order valence-corrected chi connectivity index (χ0v) is 10.1. The van der Waals surface area contributed by atoms with E-state index in [1.165, 1.54) is 18.7 Å². The van der Waals surface area contributed by atoms with Crippen LogP contribution in [0.4, 0.5) is 0 Å². The van der Waals surface area contributed by atoms with Crippen LogP contribution >= 0.6 is 0 Å². The lowest BCUT2D eigenvalue weighted by molar-refractivity contribution is 0.230. The van der Waals surface area contributed by atoms with Gasteiger partial charge in [-0.2, -0.15) is 0 Å². The van der Waals surface area contributed by atoms with E-state index in [0.29, 0.717) is 6.04 Å². The topological polar surface area (TPSA) is 6.48 Å². The quantitative estimate of drug-likeness (QED) is 0.680. The minimum Gasteiger partial charge on any atom is -0.377 e. The lowest BCUT2D eigenvalue weighted by atomic mass is 10.1. The third-order valence-electron chi connectivity index (χ3n) is 3.18. The maximum Gasteiger partial charge on any atom is 0.0331 e. The number of nitrogens with zero attached hydrogens (tertiary/aromatic N) is 2. The van der Waals surface area contributed by atoms with Crippen LogP contribution in [0, 0.1) is 5.92 Å². The SMILES string of the molecule is C=C1CC(N(C)CCC(C)C)CN1C. The molecule has 1 fully saturated rings. The van der Waals surface area contributed by atoms with Gasteiger partial charge in [-0.25, -0.2) is 0 Å². The van der Waals surface area contributed by atoms with Crippen molar-refractivity contribution in [3.8, 4) is 0 Å². The maximum atomic E-state index is 4.06. The molecule has 0 N–H and O–H groups in total. The molecule has 0 aliphatic carbocycles. The second-order valence-electron chi connectivity index (χ2n) is 4.97. The summed E-state index contributed by atoms with van der Waals surface area (Å²) in [5.74, 6) is 0.805. The van der Waals surface area contributed by atoms with Gasteiger partial charge >= 0.3 is 0 Å². The largest absolute Gasteiger partial charge is 0.377 e. The minimum absolute atomic E-state index is 0.686. The Bertz CT molecular complexity index is 198. The van der Waals surface area contributed by atoms with Gasteiger partial charge < -0.3 is 9.80 Å². The number of rotatable bonds is 4. The van der Waals surface area contributed by atoms with Gasteiger partial charge in [0.25, 0.3) is 0 Å². The predicted octanol–water partition coefficient (Wildman–Crippen LogP) is 2.18. The third-order valence-corrected chi connectivity index (χ3v) is 3.18. The zero-order chi connectivity index (χ0) is 10.7. The second-order valence-corrected chi connectivity index (χ2v) is 4.97. The Balaban J connectivity index is 2.32. The fourth-order valence-electron chi connectivity index (χ4n) is 1.88. The van der Waals surface area contributed by atoms with Crippen molar-refractivity contribution in [2.75, 3.05) is 27.2 Å². The molecule has 0 aromatic rings. The Morgan fingerprint density at radius 1 is 1.57 bits per heavy atom. The van der Waals surface area contributed by atoms with Crippen LogP contribution in [0.25, 0.3) is 0 Å². The summed E-state index contributed by atoms with van der Waals surface area (Å²) in [4.78, 5) is 4.76. The van der Waals surface area contributed by atoms with E-state index in [2.05, 4.69) is 44.3 Å². The highest BCUT2D eigenvalue weighted by atomic mass is 15.2. The van der Waals surface area contributed by atoms with Crippen LogP contribution in [0.2, 0.25) is 0 Å². The van der Waals surface area contributed by atoms with Crippen LogP contribution in [-0.4, -0.2) is 43.0 Å². The summed E-state index contributed by atoms with van der Waals surface area (Å²) in [6.07, 6.45) is 2.44. The molecular formula is C12H24N2. The Morgan fingerprint density at radius 2 is 2.21 bits per heavy atom. The molecule has 1 atom stereocenters. The molecule has 1 aliphatic heterocycles. The summed E-state index contributed by atoms with van der Waals surface area (Å²) in [5.41, 5.74) is 1.28. The minimum atomic E-state index is 0.686. The molecule has 0 saturated carbocycles. The lowest BCUT2D eigenvalue weighted by Crippen LogP contribution is -2.34. The van der Waals surface area contributed by atoms with Gasteiger partial charge in [0.05, 0.1) is 0 Å². The summed E-state index contributed by atoms with van der Waals surface area (Å²) >= 11 is 0. The first-order chi connectivity index (χ1) is 6.50. The van der Waals surface area contributed by atoms with Crippen LogP contribution in [0.3, 0.4) is 0 Å². The van der Waals surface area contributed by atoms with Crippen molar-refractivity contribution in [1.82, 2.24) is 9.80 Å². The fraction of sp³-hybridized carbons (Fsp3) is 0.833. The Hall–Kier alpha value is -0.500. The van der Waals surface area contributed by atoms with Crippen molar-refractivity contribution in [3.63, 3.8) is 0 Å². The summed E-state index contributed by atoms with van der Waals surface area (Å²) in [6.45, 7) is 11.0. The van der Waals surface area contributed by atoms with Crippen molar-refractivity contribution in [3.05, 3.63) is 12.3 Å². The molecule has 0 bridgehead atoms. The molecule has 0 amide bonds. The van der Waals surface area contributed by atoms with Gasteiger partial charge in [0.2, 0.25) is 0 Å². The maximum absolute atomic E-state index is 4.06. The number of likely N-dealkylation sites (N-methyl/N-ethyl adjacent to an activating group) is 2. The van der Waals surface area contributed by atoms with E-state index in [9.17, 15) is 0 Å². The van der Waals surface area contributed by atoms with E-state index in [0.717, 1.165) is 18.9 Å². The van der Waals surface area contributed by atoms with Gasteiger partial charge in [-0.15, -0.1) is 0 Å². The molecule has 0 aromatic heterocycles. The highest BCUT2D eigenvalue weighted by Crippen LogP contribution is 2.21. The van der Waals surface area contributed by atoms with Crippen LogP contribution < -0.4 is 0 Å². The Kier molecular flexibility index (Phi) is 3.99. The van der Waals surface area contributed by atoms with E-state index in [4.69, 9.17) is 0 Å². The standard InChI is InChI=1S/C12H24N2/c1-10(2)6-7-13(4)12-8-11(3)14(5)9-12/h10,12H,3,6-9H2,1-2,4-5H3. The monoisotopic (exact) mass is 196 g/mol. The van der Waals surface area contributed by atoms with E-state index in [1.54, 1.807) is 0 Å². The molecule has 1 rings (SSSR count). The molecule has 0 radical (unpaired) electrons. The molecule has 1 aliphatic rings. The number of hydrogen-bond acceptors (Lipinski definition) is 2. The molecule has 1 saturated heterocycles.